The van der Waals surface area contributed by atoms with Crippen molar-refractivity contribution in [2.45, 2.75) is 32.7 Å². The summed E-state index contributed by atoms with van der Waals surface area (Å²) in [5.74, 6) is 1.61. The van der Waals surface area contributed by atoms with Crippen LogP contribution in [0.25, 0.3) is 0 Å². The molecule has 29 heavy (non-hydrogen) atoms. The smallest absolute Gasteiger partial charge is 0.240 e. The minimum Gasteiger partial charge on any atom is -0.497 e. The van der Waals surface area contributed by atoms with E-state index in [2.05, 4.69) is 4.90 Å². The number of carbonyl (C=O) groups is 1. The van der Waals surface area contributed by atoms with Crippen LogP contribution >= 0.6 is 11.6 Å². The molecule has 2 aliphatic rings. The Kier molecular flexibility index (Phi) is 5.36. The molecule has 2 aromatic carbocycles. The molecule has 4 rings (SSSR count). The quantitative estimate of drug-likeness (QED) is 0.717. The topological polar surface area (TPSA) is 45.1 Å². The molecule has 2 saturated heterocycles. The van der Waals surface area contributed by atoms with Crippen LogP contribution in [0.5, 0.6) is 5.75 Å². The second kappa shape index (κ2) is 7.81. The summed E-state index contributed by atoms with van der Waals surface area (Å²) < 4.78 is 5.26. The first-order valence-corrected chi connectivity index (χ1v) is 10.4. The van der Waals surface area contributed by atoms with E-state index >= 15 is 0 Å². The number of benzene rings is 2. The number of aliphatic imine (C=N–C) groups is 1. The zero-order chi connectivity index (χ0) is 20.6. The van der Waals surface area contributed by atoms with Gasteiger partial charge in [0.1, 0.15) is 11.6 Å². The van der Waals surface area contributed by atoms with Gasteiger partial charge in [0.15, 0.2) is 0 Å². The number of hydrogen-bond acceptors (Lipinski definition) is 4. The normalized spacial score (nSPS) is 23.2. The number of likely N-dealkylation sites (tertiary alicyclic amines) is 1. The SMILES string of the molecule is COc1ccc(N=C2[C@H](N3CCCC3)C(C)(C)C(=O)N2c2ccc(Cl)cc2)cc1. The molecule has 1 atom stereocenters. The molecule has 0 spiro atoms. The summed E-state index contributed by atoms with van der Waals surface area (Å²) >= 11 is 6.08. The van der Waals surface area contributed by atoms with Gasteiger partial charge in [-0.05, 0) is 88.3 Å². The molecule has 152 valence electrons. The largest absolute Gasteiger partial charge is 0.497 e. The van der Waals surface area contributed by atoms with E-state index in [-0.39, 0.29) is 11.9 Å². The number of halogens is 1. The lowest BCUT2D eigenvalue weighted by Crippen LogP contribution is -2.46. The van der Waals surface area contributed by atoms with Gasteiger partial charge in [0.25, 0.3) is 0 Å². The maximum Gasteiger partial charge on any atom is 0.240 e. The average molecular weight is 412 g/mol. The van der Waals surface area contributed by atoms with E-state index in [0.717, 1.165) is 48.9 Å². The zero-order valence-corrected chi connectivity index (χ0v) is 17.8. The van der Waals surface area contributed by atoms with Crippen molar-refractivity contribution in [1.29, 1.82) is 0 Å². The lowest BCUT2D eigenvalue weighted by Gasteiger charge is -2.31. The van der Waals surface area contributed by atoms with E-state index in [1.165, 1.54) is 0 Å². The van der Waals surface area contributed by atoms with E-state index in [1.54, 1.807) is 12.0 Å². The number of methoxy groups -OCH3 is 1. The Morgan fingerprint density at radius 3 is 2.24 bits per heavy atom. The van der Waals surface area contributed by atoms with Crippen LogP contribution in [0.15, 0.2) is 53.5 Å². The van der Waals surface area contributed by atoms with Gasteiger partial charge >= 0.3 is 0 Å². The number of hydrogen-bond donors (Lipinski definition) is 0. The van der Waals surface area contributed by atoms with Crippen LogP contribution in [0.2, 0.25) is 5.02 Å². The summed E-state index contributed by atoms with van der Waals surface area (Å²) in [6.45, 7) is 6.02. The highest BCUT2D eigenvalue weighted by Crippen LogP contribution is 2.41. The van der Waals surface area contributed by atoms with Gasteiger partial charge in [-0.15, -0.1) is 0 Å². The molecule has 0 aromatic heterocycles. The van der Waals surface area contributed by atoms with E-state index in [9.17, 15) is 4.79 Å². The van der Waals surface area contributed by atoms with E-state index < -0.39 is 5.41 Å². The molecule has 0 N–H and O–H groups in total. The van der Waals surface area contributed by atoms with Crippen LogP contribution in [0, 0.1) is 5.41 Å². The van der Waals surface area contributed by atoms with Crippen molar-refractivity contribution < 1.29 is 9.53 Å². The highest BCUT2D eigenvalue weighted by Gasteiger charge is 2.55. The van der Waals surface area contributed by atoms with Crippen LogP contribution in [0.3, 0.4) is 0 Å². The molecular formula is C23H26ClN3O2. The maximum atomic E-state index is 13.5. The maximum absolute atomic E-state index is 13.5. The first kappa shape index (κ1) is 19.9. The zero-order valence-electron chi connectivity index (χ0n) is 17.1. The minimum absolute atomic E-state index is 0.0592. The first-order chi connectivity index (χ1) is 13.9. The molecule has 2 aliphatic heterocycles. The van der Waals surface area contributed by atoms with Gasteiger partial charge in [-0.1, -0.05) is 11.6 Å². The van der Waals surface area contributed by atoms with E-state index in [1.807, 2.05) is 62.4 Å². The Balaban J connectivity index is 1.83. The molecule has 0 radical (unpaired) electrons. The van der Waals surface area contributed by atoms with Crippen molar-refractivity contribution in [2.75, 3.05) is 25.1 Å². The molecule has 0 aliphatic carbocycles. The van der Waals surface area contributed by atoms with Crippen LogP contribution in [-0.4, -0.2) is 42.9 Å². The molecule has 6 heteroatoms. The number of amidine groups is 1. The number of nitrogens with zero attached hydrogens (tertiary/aromatic N) is 3. The van der Waals surface area contributed by atoms with Gasteiger partial charge in [-0.25, -0.2) is 4.99 Å². The Morgan fingerprint density at radius 2 is 1.66 bits per heavy atom. The van der Waals surface area contributed by atoms with E-state index in [4.69, 9.17) is 21.3 Å². The molecule has 2 heterocycles. The molecule has 1 amide bonds. The fraction of sp³-hybridized carbons (Fsp3) is 0.391. The number of ether oxygens (including phenoxy) is 1. The van der Waals surface area contributed by atoms with Crippen molar-refractivity contribution in [2.24, 2.45) is 10.4 Å². The summed E-state index contributed by atoms with van der Waals surface area (Å²) in [6.07, 6.45) is 2.30. The predicted octanol–water partition coefficient (Wildman–Crippen LogP) is 4.92. The van der Waals surface area contributed by atoms with Crippen molar-refractivity contribution in [3.8, 4) is 5.75 Å². The lowest BCUT2D eigenvalue weighted by molar-refractivity contribution is -0.125. The number of amides is 1. The van der Waals surface area contributed by atoms with Gasteiger partial charge in [0.05, 0.1) is 29.9 Å². The number of anilines is 1. The molecule has 2 fully saturated rings. The van der Waals surface area contributed by atoms with Crippen LogP contribution in [-0.2, 0) is 4.79 Å². The minimum atomic E-state index is -0.574. The summed E-state index contributed by atoms with van der Waals surface area (Å²) in [5, 5.41) is 0.643. The highest BCUT2D eigenvalue weighted by atomic mass is 35.5. The van der Waals surface area contributed by atoms with E-state index in [0.29, 0.717) is 5.02 Å². The molecule has 5 nitrogen and oxygen atoms in total. The summed E-state index contributed by atoms with van der Waals surface area (Å²) in [5.41, 5.74) is 1.02. The third kappa shape index (κ3) is 3.65. The van der Waals surface area contributed by atoms with Crippen molar-refractivity contribution >= 4 is 34.7 Å². The fourth-order valence-electron chi connectivity index (χ4n) is 4.31. The van der Waals surface area contributed by atoms with Crippen molar-refractivity contribution in [1.82, 2.24) is 4.90 Å². The summed E-state index contributed by atoms with van der Waals surface area (Å²) in [4.78, 5) is 22.7. The Hall–Kier alpha value is -2.37. The van der Waals surface area contributed by atoms with Gasteiger partial charge in [-0.3, -0.25) is 14.6 Å². The molecular weight excluding hydrogens is 386 g/mol. The standard InChI is InChI=1S/C23H26ClN3O2/c1-23(2)20(26-14-4-5-15-26)21(25-17-8-12-19(29-3)13-9-17)27(22(23)28)18-10-6-16(24)7-11-18/h6-13,20H,4-5,14-15H2,1-3H3/t20-/m0/s1. The Morgan fingerprint density at radius 1 is 1.03 bits per heavy atom. The second-order valence-corrected chi connectivity index (χ2v) is 8.59. The second-order valence-electron chi connectivity index (χ2n) is 8.15. The van der Waals surface area contributed by atoms with Gasteiger partial charge in [0, 0.05) is 5.02 Å². The predicted molar refractivity (Wildman–Crippen MR) is 117 cm³/mol. The van der Waals surface area contributed by atoms with Crippen LogP contribution in [0.1, 0.15) is 26.7 Å². The first-order valence-electron chi connectivity index (χ1n) is 9.98. The third-order valence-corrected chi connectivity index (χ3v) is 6.07. The average Bonchev–Trinajstić information content (AvgIpc) is 3.29. The van der Waals surface area contributed by atoms with Crippen LogP contribution in [0.4, 0.5) is 11.4 Å². The molecule has 0 unspecified atom stereocenters. The Bertz CT molecular complexity index is 916. The van der Waals surface area contributed by atoms with Gasteiger partial charge < -0.3 is 4.74 Å². The van der Waals surface area contributed by atoms with Crippen LogP contribution < -0.4 is 9.64 Å². The van der Waals surface area contributed by atoms with Gasteiger partial charge in [-0.2, -0.15) is 0 Å². The Labute approximate surface area is 176 Å². The van der Waals surface area contributed by atoms with Crippen molar-refractivity contribution in [3.05, 3.63) is 53.6 Å². The molecule has 0 saturated carbocycles. The number of rotatable bonds is 4. The lowest BCUT2D eigenvalue weighted by atomic mass is 9.85. The fourth-order valence-corrected chi connectivity index (χ4v) is 4.44. The van der Waals surface area contributed by atoms with Crippen molar-refractivity contribution in [3.63, 3.8) is 0 Å². The van der Waals surface area contributed by atoms with Gasteiger partial charge in [0.2, 0.25) is 5.91 Å². The molecule has 2 aromatic rings. The summed E-state index contributed by atoms with van der Waals surface area (Å²) in [7, 11) is 1.64. The monoisotopic (exact) mass is 411 g/mol. The third-order valence-electron chi connectivity index (χ3n) is 5.82. The molecule has 0 bridgehead atoms. The highest BCUT2D eigenvalue weighted by molar-refractivity contribution is 6.31. The summed E-state index contributed by atoms with van der Waals surface area (Å²) in [6, 6.07) is 14.9. The number of carbonyl (C=O) groups excluding carboxylic acids is 1.